The third kappa shape index (κ3) is 2.58. The largest absolute Gasteiger partial charge is 0.307 e. The highest BCUT2D eigenvalue weighted by molar-refractivity contribution is 6.01. The van der Waals surface area contributed by atoms with Gasteiger partial charge < -0.3 is 5.32 Å². The number of rotatable bonds is 5. The van der Waals surface area contributed by atoms with E-state index in [2.05, 4.69) is 25.2 Å². The highest BCUT2D eigenvalue weighted by atomic mass is 16.1. The van der Waals surface area contributed by atoms with Crippen LogP contribution in [-0.4, -0.2) is 11.8 Å². The monoisotopic (exact) mass is 231 g/mol. The molecule has 0 radical (unpaired) electrons. The molecule has 0 bridgehead atoms. The first-order valence-corrected chi connectivity index (χ1v) is 6.64. The fourth-order valence-corrected chi connectivity index (χ4v) is 2.65. The van der Waals surface area contributed by atoms with Gasteiger partial charge in [0.05, 0.1) is 0 Å². The number of hydrogen-bond donors (Lipinski definition) is 1. The van der Waals surface area contributed by atoms with Gasteiger partial charge in [-0.15, -0.1) is 0 Å². The van der Waals surface area contributed by atoms with Gasteiger partial charge in [-0.05, 0) is 18.4 Å². The Kier molecular flexibility index (Phi) is 3.95. The Morgan fingerprint density at radius 2 is 2.12 bits per heavy atom. The van der Waals surface area contributed by atoms with E-state index < -0.39 is 0 Å². The van der Waals surface area contributed by atoms with Crippen molar-refractivity contribution in [2.45, 2.75) is 51.6 Å². The van der Waals surface area contributed by atoms with E-state index in [4.69, 9.17) is 0 Å². The summed E-state index contributed by atoms with van der Waals surface area (Å²) in [5.74, 6) is 0.282. The van der Waals surface area contributed by atoms with Gasteiger partial charge in [-0.2, -0.15) is 0 Å². The lowest BCUT2D eigenvalue weighted by Gasteiger charge is -2.21. The molecule has 2 heteroatoms. The summed E-state index contributed by atoms with van der Waals surface area (Å²) in [4.78, 5) is 11.9. The van der Waals surface area contributed by atoms with Crippen molar-refractivity contribution in [3.63, 3.8) is 0 Å². The first-order chi connectivity index (χ1) is 8.26. The smallest absolute Gasteiger partial charge is 0.165 e. The van der Waals surface area contributed by atoms with Crippen molar-refractivity contribution >= 4 is 5.78 Å². The number of fused-ring (bicyclic) bond motifs is 1. The number of Topliss-reactive ketones (excluding diaryl/α,β-unsaturated/α-hetero) is 1. The summed E-state index contributed by atoms with van der Waals surface area (Å²) in [6.45, 7) is 4.41. The van der Waals surface area contributed by atoms with Gasteiger partial charge in [0.25, 0.3) is 0 Å². The summed E-state index contributed by atoms with van der Waals surface area (Å²) < 4.78 is 0. The summed E-state index contributed by atoms with van der Waals surface area (Å²) in [5.41, 5.74) is 2.10. The quantitative estimate of drug-likeness (QED) is 0.840. The van der Waals surface area contributed by atoms with Crippen molar-refractivity contribution in [2.24, 2.45) is 0 Å². The van der Waals surface area contributed by atoms with Crippen LogP contribution in [0.15, 0.2) is 24.3 Å². The Bertz CT molecular complexity index is 400. The van der Waals surface area contributed by atoms with Crippen molar-refractivity contribution in [2.75, 3.05) is 0 Å². The van der Waals surface area contributed by atoms with Crippen LogP contribution in [0.3, 0.4) is 0 Å². The Labute approximate surface area is 103 Å². The first-order valence-electron chi connectivity index (χ1n) is 6.64. The van der Waals surface area contributed by atoms with E-state index in [0.717, 1.165) is 12.0 Å². The average Bonchev–Trinajstić information content (AvgIpc) is 2.66. The molecule has 2 atom stereocenters. The summed E-state index contributed by atoms with van der Waals surface area (Å²) in [6, 6.07) is 8.76. The number of hydrogen-bond acceptors (Lipinski definition) is 2. The molecule has 1 aromatic carbocycles. The average molecular weight is 231 g/mol. The van der Waals surface area contributed by atoms with Crippen LogP contribution in [0, 0.1) is 0 Å². The second-order valence-electron chi connectivity index (χ2n) is 4.83. The standard InChI is InChI=1S/C15H21NO/c1-3-7-11(4-2)16-14-10-15(17)13-9-6-5-8-12(13)14/h5-6,8-9,11,14,16H,3-4,7,10H2,1-2H3. The maximum atomic E-state index is 11.9. The van der Waals surface area contributed by atoms with Crippen LogP contribution in [-0.2, 0) is 0 Å². The van der Waals surface area contributed by atoms with Gasteiger partial charge >= 0.3 is 0 Å². The maximum absolute atomic E-state index is 11.9. The molecular formula is C15H21NO. The number of carbonyl (C=O) groups excluding carboxylic acids is 1. The van der Waals surface area contributed by atoms with Crippen molar-refractivity contribution < 1.29 is 4.79 Å². The third-order valence-electron chi connectivity index (χ3n) is 3.59. The normalized spacial score (nSPS) is 20.4. The van der Waals surface area contributed by atoms with E-state index in [1.807, 2.05) is 18.2 Å². The molecule has 17 heavy (non-hydrogen) atoms. The minimum Gasteiger partial charge on any atom is -0.307 e. The van der Waals surface area contributed by atoms with Gasteiger partial charge in [-0.25, -0.2) is 0 Å². The molecule has 1 aliphatic rings. The molecule has 0 fully saturated rings. The predicted molar refractivity (Wildman–Crippen MR) is 70.3 cm³/mol. The summed E-state index contributed by atoms with van der Waals surface area (Å²) in [5, 5.41) is 3.63. The van der Waals surface area contributed by atoms with E-state index in [0.29, 0.717) is 12.5 Å². The summed E-state index contributed by atoms with van der Waals surface area (Å²) in [6.07, 6.45) is 4.12. The zero-order chi connectivity index (χ0) is 12.3. The van der Waals surface area contributed by atoms with E-state index in [1.165, 1.54) is 18.4 Å². The lowest BCUT2D eigenvalue weighted by molar-refractivity contribution is 0.0984. The van der Waals surface area contributed by atoms with E-state index in [-0.39, 0.29) is 11.8 Å². The lowest BCUT2D eigenvalue weighted by atomic mass is 10.0. The van der Waals surface area contributed by atoms with E-state index in [1.54, 1.807) is 0 Å². The molecule has 0 heterocycles. The van der Waals surface area contributed by atoms with E-state index >= 15 is 0 Å². The topological polar surface area (TPSA) is 29.1 Å². The van der Waals surface area contributed by atoms with Crippen LogP contribution in [0.2, 0.25) is 0 Å². The van der Waals surface area contributed by atoms with Crippen molar-refractivity contribution in [3.8, 4) is 0 Å². The number of benzene rings is 1. The molecule has 2 nitrogen and oxygen atoms in total. The van der Waals surface area contributed by atoms with Crippen molar-refractivity contribution in [3.05, 3.63) is 35.4 Å². The molecule has 1 N–H and O–H groups in total. The lowest BCUT2D eigenvalue weighted by Crippen LogP contribution is -2.31. The SMILES string of the molecule is CCCC(CC)NC1CC(=O)c2ccccc21. The zero-order valence-corrected chi connectivity index (χ0v) is 10.7. The van der Waals surface area contributed by atoms with Crippen LogP contribution in [0.4, 0.5) is 0 Å². The highest BCUT2D eigenvalue weighted by Crippen LogP contribution is 2.31. The van der Waals surface area contributed by atoms with Crippen LogP contribution in [0.5, 0.6) is 0 Å². The first kappa shape index (κ1) is 12.3. The number of carbonyl (C=O) groups is 1. The predicted octanol–water partition coefficient (Wildman–Crippen LogP) is 3.48. The fourth-order valence-electron chi connectivity index (χ4n) is 2.65. The number of ketones is 1. The molecule has 92 valence electrons. The molecule has 0 saturated heterocycles. The van der Waals surface area contributed by atoms with Gasteiger partial charge in [0.2, 0.25) is 0 Å². The van der Waals surface area contributed by atoms with Crippen LogP contribution < -0.4 is 5.32 Å². The Balaban J connectivity index is 2.11. The minimum absolute atomic E-state index is 0.232. The molecule has 0 aliphatic heterocycles. The molecule has 2 rings (SSSR count). The molecule has 0 saturated carbocycles. The second kappa shape index (κ2) is 5.46. The van der Waals surface area contributed by atoms with Gasteiger partial charge in [-0.1, -0.05) is 44.5 Å². The number of nitrogens with one attached hydrogen (secondary N) is 1. The van der Waals surface area contributed by atoms with Crippen LogP contribution in [0.1, 0.15) is 61.5 Å². The second-order valence-corrected chi connectivity index (χ2v) is 4.83. The fraction of sp³-hybridized carbons (Fsp3) is 0.533. The Hall–Kier alpha value is -1.15. The Morgan fingerprint density at radius 3 is 2.82 bits per heavy atom. The summed E-state index contributed by atoms with van der Waals surface area (Å²) >= 11 is 0. The van der Waals surface area contributed by atoms with Crippen LogP contribution >= 0.6 is 0 Å². The molecule has 0 spiro atoms. The highest BCUT2D eigenvalue weighted by Gasteiger charge is 2.29. The van der Waals surface area contributed by atoms with Gasteiger partial charge in [0.15, 0.2) is 5.78 Å². The van der Waals surface area contributed by atoms with Crippen LogP contribution in [0.25, 0.3) is 0 Å². The zero-order valence-electron chi connectivity index (χ0n) is 10.7. The van der Waals surface area contributed by atoms with Gasteiger partial charge in [0, 0.05) is 24.1 Å². The van der Waals surface area contributed by atoms with Gasteiger partial charge in [0.1, 0.15) is 0 Å². The molecule has 1 aliphatic carbocycles. The van der Waals surface area contributed by atoms with E-state index in [9.17, 15) is 4.79 Å². The molecular weight excluding hydrogens is 210 g/mol. The molecule has 2 unspecified atom stereocenters. The minimum atomic E-state index is 0.232. The van der Waals surface area contributed by atoms with Gasteiger partial charge in [-0.3, -0.25) is 4.79 Å². The molecule has 1 aromatic rings. The molecule has 0 amide bonds. The van der Waals surface area contributed by atoms with Crippen molar-refractivity contribution in [1.29, 1.82) is 0 Å². The summed E-state index contributed by atoms with van der Waals surface area (Å²) in [7, 11) is 0. The maximum Gasteiger partial charge on any atom is 0.165 e. The Morgan fingerprint density at radius 1 is 1.35 bits per heavy atom. The molecule has 0 aromatic heterocycles. The third-order valence-corrected chi connectivity index (χ3v) is 3.59. The van der Waals surface area contributed by atoms with Crippen molar-refractivity contribution in [1.82, 2.24) is 5.32 Å².